The molecule has 0 saturated heterocycles. The van der Waals surface area contributed by atoms with Gasteiger partial charge in [-0.3, -0.25) is 14.6 Å². The molecule has 1 aliphatic heterocycles. The molecule has 8 rings (SSSR count). The Morgan fingerprint density at radius 3 is 1.81 bits per heavy atom. The summed E-state index contributed by atoms with van der Waals surface area (Å²) >= 11 is 3.35. The zero-order valence-corrected chi connectivity index (χ0v) is 43.7. The van der Waals surface area contributed by atoms with E-state index in [2.05, 4.69) is 101 Å². The monoisotopic (exact) mass is 964 g/mol. The number of ether oxygens (including phenoxy) is 3. The highest BCUT2D eigenvalue weighted by Gasteiger charge is 2.28. The largest absolute Gasteiger partial charge is 0.496 e. The Kier molecular flexibility index (Phi) is 16.0. The molecule has 0 aliphatic carbocycles. The van der Waals surface area contributed by atoms with Gasteiger partial charge in [0.2, 0.25) is 11.8 Å². The van der Waals surface area contributed by atoms with E-state index in [1.165, 1.54) is 31.3 Å². The zero-order valence-electron chi connectivity index (χ0n) is 43.0. The summed E-state index contributed by atoms with van der Waals surface area (Å²) in [6.07, 6.45) is 2.13. The number of thiophene rings is 2. The van der Waals surface area contributed by atoms with Crippen molar-refractivity contribution < 1.29 is 25.2 Å². The molecule has 16 nitrogen and oxygen atoms in total. The minimum atomic E-state index is -0.201. The molecule has 2 aromatic carbocycles. The number of nitrogens with zero attached hydrogens (tertiary/aromatic N) is 9. The number of amides is 2. The molecule has 0 saturated carbocycles. The lowest BCUT2D eigenvalue weighted by molar-refractivity contribution is -0.115. The van der Waals surface area contributed by atoms with Gasteiger partial charge in [-0.25, -0.2) is 4.68 Å². The van der Waals surface area contributed by atoms with Crippen LogP contribution in [0.25, 0.3) is 23.1 Å². The van der Waals surface area contributed by atoms with Gasteiger partial charge in [0.25, 0.3) is 0 Å². The molecule has 0 atom stereocenters. The standard InChI is InChI=1S/C24H28N6O2S.C18H22N4O2.C7H11NOS.CH4/c1-14(31)25-15-8-10-19(32-7)17(12-15)22-26-27-23-18(21(24(2,3)4)28-30(22)23)13-16-9-11-20(33-16)29(5)6;1-11(23)20-12-6-7-15(24-5)14(8-12)17-19-10-13-9-16(18(2,3)4)21-22(13)17;1-8(2)6-4-5-7(9-3)10-6;/h8-13H,1-7H3,(H,25,31);6-9H,10H2,1-5H3,(H,20,23);4-5H,1-3H3;1H4/b18-13-;;;/i;;;1D. The van der Waals surface area contributed by atoms with Crippen LogP contribution in [0.4, 0.5) is 21.4 Å². The lowest BCUT2D eigenvalue weighted by atomic mass is 9.91. The summed E-state index contributed by atoms with van der Waals surface area (Å²) in [6.45, 7) is 16.4. The number of aliphatic imine (C=N–C) groups is 1. The third-order valence-electron chi connectivity index (χ3n) is 10.3. The molecule has 2 N–H and O–H groups in total. The van der Waals surface area contributed by atoms with Crippen LogP contribution in [0.1, 0.15) is 91.7 Å². The maximum absolute atomic E-state index is 11.6. The van der Waals surface area contributed by atoms with Crippen molar-refractivity contribution in [1.82, 2.24) is 29.6 Å². The van der Waals surface area contributed by atoms with Gasteiger partial charge >= 0.3 is 0 Å². The number of hydrogen-bond acceptors (Lipinski definition) is 14. The highest BCUT2D eigenvalue weighted by molar-refractivity contribution is 7.17. The second kappa shape index (κ2) is 21.4. The van der Waals surface area contributed by atoms with Crippen molar-refractivity contribution in [3.8, 4) is 28.0 Å². The number of nitrogens with one attached hydrogen (secondary N) is 2. The average Bonchev–Trinajstić information content (AvgIpc) is 4.15. The SMILES string of the molecule is COc1ccc(N(C)C)s1.COc1ccc(NC(C)=O)cc1-c1nnc2/c(=C\c3ccc(N(C)C)s3)c(C(C)(C)C)nn12.COc1ccc(NC(C)=O)cc1C1=NCc2cc(C(C)(C)C)nn21.[2H]C. The number of anilines is 4. The molecule has 0 bridgehead atoms. The van der Waals surface area contributed by atoms with Crippen LogP contribution in [0.5, 0.6) is 16.6 Å². The van der Waals surface area contributed by atoms with Gasteiger partial charge in [-0.2, -0.15) is 14.7 Å². The van der Waals surface area contributed by atoms with Crippen LogP contribution in [0, 0.1) is 0 Å². The number of benzene rings is 2. The Balaban J connectivity index is 0.000000214. The predicted octanol–water partition coefficient (Wildman–Crippen LogP) is 9.15. The number of methoxy groups -OCH3 is 3. The minimum Gasteiger partial charge on any atom is -0.496 e. The van der Waals surface area contributed by atoms with Crippen LogP contribution in [0.15, 0.2) is 71.7 Å². The first-order valence-corrected chi connectivity index (χ1v) is 23.2. The second-order valence-corrected chi connectivity index (χ2v) is 20.3. The molecule has 1 aliphatic rings. The number of fused-ring (bicyclic) bond motifs is 2. The van der Waals surface area contributed by atoms with E-state index in [-0.39, 0.29) is 22.6 Å². The zero-order chi connectivity index (χ0) is 51.0. The van der Waals surface area contributed by atoms with E-state index < -0.39 is 0 Å². The van der Waals surface area contributed by atoms with Crippen molar-refractivity contribution in [1.29, 1.82) is 0 Å². The summed E-state index contributed by atoms with van der Waals surface area (Å²) in [7, 11) is 14.3. The van der Waals surface area contributed by atoms with E-state index in [0.29, 0.717) is 46.5 Å². The number of rotatable bonds is 10. The second-order valence-electron chi connectivity index (χ2n) is 18.2. The van der Waals surface area contributed by atoms with Crippen LogP contribution in [-0.2, 0) is 27.0 Å². The van der Waals surface area contributed by atoms with Crippen molar-refractivity contribution in [2.75, 3.05) is 70.0 Å². The van der Waals surface area contributed by atoms with E-state index in [1.54, 1.807) is 60.7 Å². The van der Waals surface area contributed by atoms with Crippen molar-refractivity contribution in [2.45, 2.75) is 80.2 Å². The molecule has 7 aromatic rings. The Hall–Kier alpha value is -6.79. The summed E-state index contributed by atoms with van der Waals surface area (Å²) in [5, 5.41) is 28.5. The molecule has 0 spiro atoms. The van der Waals surface area contributed by atoms with Crippen LogP contribution < -0.4 is 39.9 Å². The van der Waals surface area contributed by atoms with Gasteiger partial charge in [-0.05, 0) is 72.8 Å². The molecular formula is C50H65N11O5S2. The maximum Gasteiger partial charge on any atom is 0.221 e. The van der Waals surface area contributed by atoms with E-state index in [0.717, 1.165) is 43.6 Å². The third kappa shape index (κ3) is 12.0. The summed E-state index contributed by atoms with van der Waals surface area (Å²) in [5.74, 6) is 2.35. The Bertz CT molecular complexity index is 2970. The quantitative estimate of drug-likeness (QED) is 0.134. The van der Waals surface area contributed by atoms with Gasteiger partial charge in [0.15, 0.2) is 22.4 Å². The van der Waals surface area contributed by atoms with Crippen molar-refractivity contribution in [3.63, 3.8) is 0 Å². The lowest BCUT2D eigenvalue weighted by Gasteiger charge is -2.15. The summed E-state index contributed by atoms with van der Waals surface area (Å²) in [4.78, 5) is 32.8. The van der Waals surface area contributed by atoms with Crippen molar-refractivity contribution in [2.24, 2.45) is 4.99 Å². The summed E-state index contributed by atoms with van der Waals surface area (Å²) in [6, 6.07) is 21.3. The van der Waals surface area contributed by atoms with E-state index >= 15 is 0 Å². The molecule has 2 amide bonds. The average molecular weight is 965 g/mol. The molecule has 362 valence electrons. The number of carbonyl (C=O) groups excluding carboxylic acids is 2. The van der Waals surface area contributed by atoms with E-state index in [9.17, 15) is 9.59 Å². The fourth-order valence-electron chi connectivity index (χ4n) is 6.95. The van der Waals surface area contributed by atoms with E-state index in [4.69, 9.17) is 25.8 Å². The first-order chi connectivity index (χ1) is 32.6. The fraction of sp³-hybridized carbons (Fsp3) is 0.380. The van der Waals surface area contributed by atoms with Crippen LogP contribution in [0.2, 0.25) is 0 Å². The Morgan fingerprint density at radius 1 is 0.735 bits per heavy atom. The normalized spacial score (nSPS) is 12.3. The molecule has 6 heterocycles. The highest BCUT2D eigenvalue weighted by atomic mass is 32.1. The number of carbonyl (C=O) groups is 2. The first kappa shape index (κ1) is 50.6. The van der Waals surface area contributed by atoms with Crippen molar-refractivity contribution in [3.05, 3.63) is 99.5 Å². The van der Waals surface area contributed by atoms with Gasteiger partial charge < -0.3 is 34.6 Å². The fourth-order valence-corrected chi connectivity index (χ4v) is 8.57. The molecular weight excluding hydrogens is 899 g/mol. The van der Waals surface area contributed by atoms with Crippen molar-refractivity contribution >= 4 is 73.4 Å². The van der Waals surface area contributed by atoms with Gasteiger partial charge in [0.1, 0.15) is 11.5 Å². The molecule has 18 heteroatoms. The van der Waals surface area contributed by atoms with Gasteiger partial charge in [-0.1, -0.05) is 60.3 Å². The van der Waals surface area contributed by atoms with E-state index in [1.807, 2.05) is 69.3 Å². The van der Waals surface area contributed by atoms with Gasteiger partial charge in [0.05, 0.1) is 66.1 Å². The minimum absolute atomic E-state index is 0.0232. The topological polar surface area (TPSA) is 166 Å². The number of hydrogen-bond donors (Lipinski definition) is 2. The summed E-state index contributed by atoms with van der Waals surface area (Å²) in [5.41, 5.74) is 6.35. The maximum atomic E-state index is 11.6. The van der Waals surface area contributed by atoms with Crippen LogP contribution in [0.3, 0.4) is 0 Å². The smallest absolute Gasteiger partial charge is 0.221 e. The number of aromatic nitrogens is 6. The Morgan fingerprint density at radius 2 is 1.31 bits per heavy atom. The van der Waals surface area contributed by atoms with Gasteiger partial charge in [0, 0.05) is 75.7 Å². The molecule has 0 unspecified atom stereocenters. The predicted molar refractivity (Wildman–Crippen MR) is 279 cm³/mol. The molecule has 0 radical (unpaired) electrons. The summed E-state index contributed by atoms with van der Waals surface area (Å²) < 4.78 is 25.5. The van der Waals surface area contributed by atoms with Crippen LogP contribution in [-0.4, -0.2) is 96.8 Å². The molecule has 0 fully saturated rings. The third-order valence-corrected chi connectivity index (χ3v) is 12.7. The van der Waals surface area contributed by atoms with Crippen LogP contribution >= 0.6 is 22.7 Å². The van der Waals surface area contributed by atoms with Gasteiger partial charge in [-0.15, -0.1) is 21.5 Å². The lowest BCUT2D eigenvalue weighted by Crippen LogP contribution is -2.22. The highest BCUT2D eigenvalue weighted by Crippen LogP contribution is 2.34. The Labute approximate surface area is 409 Å². The molecule has 68 heavy (non-hydrogen) atoms. The first-order valence-electron chi connectivity index (χ1n) is 22.5. The molecule has 5 aromatic heterocycles.